The monoisotopic (exact) mass is 286 g/mol. The van der Waals surface area contributed by atoms with Gasteiger partial charge < -0.3 is 10.1 Å². The summed E-state index contributed by atoms with van der Waals surface area (Å²) in [6.07, 6.45) is 0. The van der Waals surface area contributed by atoms with Gasteiger partial charge in [0.25, 0.3) is 5.69 Å². The highest BCUT2D eigenvalue weighted by atomic mass is 16.6. The fourth-order valence-electron chi connectivity index (χ4n) is 2.13. The molecule has 2 aromatic rings. The predicted octanol–water partition coefficient (Wildman–Crippen LogP) is 3.83. The van der Waals surface area contributed by atoms with Crippen LogP contribution in [0.5, 0.6) is 5.75 Å². The molecule has 0 amide bonds. The van der Waals surface area contributed by atoms with Crippen molar-refractivity contribution in [3.63, 3.8) is 0 Å². The van der Waals surface area contributed by atoms with Crippen LogP contribution in [-0.2, 0) is 6.54 Å². The maximum atomic E-state index is 10.9. The van der Waals surface area contributed by atoms with E-state index in [9.17, 15) is 10.1 Å². The summed E-state index contributed by atoms with van der Waals surface area (Å²) in [5.41, 5.74) is 4.13. The molecule has 0 aliphatic rings. The summed E-state index contributed by atoms with van der Waals surface area (Å²) in [6, 6.07) is 10.8. The number of aryl methyl sites for hydroxylation is 2. The van der Waals surface area contributed by atoms with Crippen LogP contribution in [0.2, 0.25) is 0 Å². The van der Waals surface area contributed by atoms with Crippen molar-refractivity contribution in [3.8, 4) is 5.75 Å². The van der Waals surface area contributed by atoms with Crippen molar-refractivity contribution in [1.82, 2.24) is 0 Å². The van der Waals surface area contributed by atoms with Crippen LogP contribution in [-0.4, -0.2) is 12.0 Å². The quantitative estimate of drug-likeness (QED) is 0.670. The van der Waals surface area contributed by atoms with Gasteiger partial charge in [0, 0.05) is 29.9 Å². The average molecular weight is 286 g/mol. The van der Waals surface area contributed by atoms with E-state index in [1.807, 2.05) is 19.9 Å². The summed E-state index contributed by atoms with van der Waals surface area (Å²) in [6.45, 7) is 4.51. The SMILES string of the molecule is COc1ccc([N+](=O)[O-])cc1CNc1cc(C)ccc1C. The zero-order valence-electron chi connectivity index (χ0n) is 12.3. The number of ether oxygens (including phenoxy) is 1. The third-order valence-electron chi connectivity index (χ3n) is 3.34. The smallest absolute Gasteiger partial charge is 0.270 e. The zero-order valence-corrected chi connectivity index (χ0v) is 12.3. The molecule has 0 aromatic heterocycles. The molecule has 110 valence electrons. The maximum absolute atomic E-state index is 10.9. The second kappa shape index (κ2) is 6.26. The van der Waals surface area contributed by atoms with Crippen LogP contribution in [0.25, 0.3) is 0 Å². The first kappa shape index (κ1) is 14.8. The van der Waals surface area contributed by atoms with Crippen LogP contribution in [0.15, 0.2) is 36.4 Å². The highest BCUT2D eigenvalue weighted by Crippen LogP contribution is 2.25. The minimum Gasteiger partial charge on any atom is -0.496 e. The Morgan fingerprint density at radius 3 is 2.62 bits per heavy atom. The van der Waals surface area contributed by atoms with E-state index in [-0.39, 0.29) is 5.69 Å². The van der Waals surface area contributed by atoms with E-state index in [4.69, 9.17) is 4.74 Å². The summed E-state index contributed by atoms with van der Waals surface area (Å²) in [5.74, 6) is 0.637. The highest BCUT2D eigenvalue weighted by molar-refractivity contribution is 5.54. The average Bonchev–Trinajstić information content (AvgIpc) is 2.47. The Morgan fingerprint density at radius 1 is 1.19 bits per heavy atom. The highest BCUT2D eigenvalue weighted by Gasteiger charge is 2.11. The standard InChI is InChI=1S/C16H18N2O3/c1-11-4-5-12(2)15(8-11)17-10-13-9-14(18(19)20)6-7-16(13)21-3/h4-9,17H,10H2,1-3H3. The summed E-state index contributed by atoms with van der Waals surface area (Å²) < 4.78 is 5.26. The Kier molecular flexibility index (Phi) is 4.42. The van der Waals surface area contributed by atoms with Gasteiger partial charge in [0.15, 0.2) is 0 Å². The molecule has 0 spiro atoms. The minimum atomic E-state index is -0.402. The molecule has 0 bridgehead atoms. The molecule has 0 heterocycles. The van der Waals surface area contributed by atoms with Crippen molar-refractivity contribution in [1.29, 1.82) is 0 Å². The molecule has 0 fully saturated rings. The van der Waals surface area contributed by atoms with Crippen LogP contribution in [0.1, 0.15) is 16.7 Å². The first-order chi connectivity index (χ1) is 10.0. The normalized spacial score (nSPS) is 10.2. The molecule has 0 aliphatic carbocycles. The molecule has 5 nitrogen and oxygen atoms in total. The van der Waals surface area contributed by atoms with E-state index in [1.165, 1.54) is 12.1 Å². The van der Waals surface area contributed by atoms with Crippen LogP contribution in [0.4, 0.5) is 11.4 Å². The minimum absolute atomic E-state index is 0.0635. The lowest BCUT2D eigenvalue weighted by Crippen LogP contribution is -2.04. The van der Waals surface area contributed by atoms with Crippen LogP contribution in [0.3, 0.4) is 0 Å². The van der Waals surface area contributed by atoms with E-state index < -0.39 is 4.92 Å². The first-order valence-corrected chi connectivity index (χ1v) is 6.63. The molecule has 0 saturated heterocycles. The Morgan fingerprint density at radius 2 is 1.95 bits per heavy atom. The van der Waals surface area contributed by atoms with Gasteiger partial charge in [-0.3, -0.25) is 10.1 Å². The zero-order chi connectivity index (χ0) is 15.4. The molecule has 0 atom stereocenters. The second-order valence-electron chi connectivity index (χ2n) is 4.93. The van der Waals surface area contributed by atoms with E-state index in [0.717, 1.165) is 22.4 Å². The summed E-state index contributed by atoms with van der Waals surface area (Å²) in [4.78, 5) is 10.5. The number of rotatable bonds is 5. The molecule has 2 aromatic carbocycles. The number of nitrogens with zero attached hydrogens (tertiary/aromatic N) is 1. The Bertz CT molecular complexity index is 669. The maximum Gasteiger partial charge on any atom is 0.270 e. The number of hydrogen-bond acceptors (Lipinski definition) is 4. The number of methoxy groups -OCH3 is 1. The fraction of sp³-hybridized carbons (Fsp3) is 0.250. The van der Waals surface area contributed by atoms with E-state index in [0.29, 0.717) is 12.3 Å². The van der Waals surface area contributed by atoms with Crippen molar-refractivity contribution in [3.05, 3.63) is 63.2 Å². The molecule has 0 radical (unpaired) electrons. The van der Waals surface area contributed by atoms with E-state index in [1.54, 1.807) is 13.2 Å². The second-order valence-corrected chi connectivity index (χ2v) is 4.93. The molecular formula is C16H18N2O3. The van der Waals surface area contributed by atoms with Crippen molar-refractivity contribution < 1.29 is 9.66 Å². The van der Waals surface area contributed by atoms with Gasteiger partial charge in [-0.1, -0.05) is 12.1 Å². The summed E-state index contributed by atoms with van der Waals surface area (Å²) in [5, 5.41) is 14.2. The van der Waals surface area contributed by atoms with Crippen LogP contribution >= 0.6 is 0 Å². The van der Waals surface area contributed by atoms with Crippen molar-refractivity contribution in [2.45, 2.75) is 20.4 Å². The van der Waals surface area contributed by atoms with E-state index >= 15 is 0 Å². The third-order valence-corrected chi connectivity index (χ3v) is 3.34. The van der Waals surface area contributed by atoms with Gasteiger partial charge in [0.05, 0.1) is 12.0 Å². The summed E-state index contributed by atoms with van der Waals surface area (Å²) >= 11 is 0. The van der Waals surface area contributed by atoms with Gasteiger partial charge in [0.2, 0.25) is 0 Å². The van der Waals surface area contributed by atoms with Gasteiger partial charge in [-0.05, 0) is 37.1 Å². The Labute approximate surface area is 123 Å². The summed E-state index contributed by atoms with van der Waals surface area (Å²) in [7, 11) is 1.56. The Hall–Kier alpha value is -2.56. The molecular weight excluding hydrogens is 268 g/mol. The van der Waals surface area contributed by atoms with Gasteiger partial charge in [-0.15, -0.1) is 0 Å². The predicted molar refractivity (Wildman–Crippen MR) is 82.9 cm³/mol. The van der Waals surface area contributed by atoms with Crippen LogP contribution in [0, 0.1) is 24.0 Å². The number of nitro benzene ring substituents is 1. The lowest BCUT2D eigenvalue weighted by molar-refractivity contribution is -0.384. The van der Waals surface area contributed by atoms with Crippen molar-refractivity contribution >= 4 is 11.4 Å². The Balaban J connectivity index is 2.24. The van der Waals surface area contributed by atoms with Gasteiger partial charge in [0.1, 0.15) is 5.75 Å². The number of anilines is 1. The molecule has 0 unspecified atom stereocenters. The molecule has 2 rings (SSSR count). The van der Waals surface area contributed by atoms with Crippen molar-refractivity contribution in [2.24, 2.45) is 0 Å². The molecule has 0 aliphatic heterocycles. The number of benzene rings is 2. The first-order valence-electron chi connectivity index (χ1n) is 6.63. The fourth-order valence-corrected chi connectivity index (χ4v) is 2.13. The van der Waals surface area contributed by atoms with Gasteiger partial charge >= 0.3 is 0 Å². The largest absolute Gasteiger partial charge is 0.496 e. The van der Waals surface area contributed by atoms with E-state index in [2.05, 4.69) is 17.4 Å². The molecule has 1 N–H and O–H groups in total. The lowest BCUT2D eigenvalue weighted by Gasteiger charge is -2.13. The van der Waals surface area contributed by atoms with Gasteiger partial charge in [-0.2, -0.15) is 0 Å². The van der Waals surface area contributed by atoms with Crippen molar-refractivity contribution in [2.75, 3.05) is 12.4 Å². The number of non-ortho nitro benzene ring substituents is 1. The number of nitro groups is 1. The lowest BCUT2D eigenvalue weighted by atomic mass is 10.1. The molecule has 5 heteroatoms. The van der Waals surface area contributed by atoms with Gasteiger partial charge in [-0.25, -0.2) is 0 Å². The molecule has 21 heavy (non-hydrogen) atoms. The molecule has 0 saturated carbocycles. The number of nitrogens with one attached hydrogen (secondary N) is 1. The number of hydrogen-bond donors (Lipinski definition) is 1. The third kappa shape index (κ3) is 3.51. The van der Waals surface area contributed by atoms with Crippen LogP contribution < -0.4 is 10.1 Å². The topological polar surface area (TPSA) is 64.4 Å².